The van der Waals surface area contributed by atoms with Gasteiger partial charge in [0.2, 0.25) is 5.91 Å². The largest absolute Gasteiger partial charge is 0.364 e. The first-order valence-corrected chi connectivity index (χ1v) is 8.00. The van der Waals surface area contributed by atoms with E-state index in [4.69, 9.17) is 5.73 Å². The summed E-state index contributed by atoms with van der Waals surface area (Å²) in [6.45, 7) is 0. The fourth-order valence-electron chi connectivity index (χ4n) is 2.54. The fraction of sp³-hybridized carbons (Fsp3) is 0.100. The third-order valence-corrected chi connectivity index (χ3v) is 3.82. The van der Waals surface area contributed by atoms with E-state index in [-0.39, 0.29) is 11.6 Å². The quantitative estimate of drug-likeness (QED) is 0.727. The zero-order valence-corrected chi connectivity index (χ0v) is 13.6. The normalized spacial score (nSPS) is 10.6. The lowest BCUT2D eigenvalue weighted by Crippen LogP contribution is -2.13. The smallest absolute Gasteiger partial charge is 0.267 e. The number of benzene rings is 2. The SMILES string of the molecule is NC(=O)c1ccc2ccc(NC(=O)[CH]CCc3ccccc3)cc2n1. The molecule has 3 aromatic rings. The Bertz CT molecular complexity index is 907. The highest BCUT2D eigenvalue weighted by Gasteiger charge is 2.07. The minimum Gasteiger partial charge on any atom is -0.364 e. The van der Waals surface area contributed by atoms with Gasteiger partial charge >= 0.3 is 0 Å². The van der Waals surface area contributed by atoms with Crippen molar-refractivity contribution in [3.8, 4) is 0 Å². The van der Waals surface area contributed by atoms with Gasteiger partial charge in [-0.1, -0.05) is 42.5 Å². The van der Waals surface area contributed by atoms with Crippen molar-refractivity contribution in [2.24, 2.45) is 5.73 Å². The summed E-state index contributed by atoms with van der Waals surface area (Å²) in [5, 5.41) is 3.69. The van der Waals surface area contributed by atoms with Crippen molar-refractivity contribution in [3.63, 3.8) is 0 Å². The van der Waals surface area contributed by atoms with Crippen LogP contribution < -0.4 is 11.1 Å². The van der Waals surface area contributed by atoms with Crippen molar-refractivity contribution in [3.05, 3.63) is 78.3 Å². The van der Waals surface area contributed by atoms with E-state index in [1.807, 2.05) is 36.4 Å². The van der Waals surface area contributed by atoms with Crippen LogP contribution in [0.4, 0.5) is 5.69 Å². The molecule has 1 heterocycles. The Hall–Kier alpha value is -3.21. The molecule has 0 aliphatic rings. The van der Waals surface area contributed by atoms with Crippen molar-refractivity contribution in [1.82, 2.24) is 4.98 Å². The van der Waals surface area contributed by atoms with E-state index in [0.717, 1.165) is 11.8 Å². The van der Waals surface area contributed by atoms with E-state index in [1.165, 1.54) is 5.56 Å². The van der Waals surface area contributed by atoms with Crippen LogP contribution in [0.2, 0.25) is 0 Å². The summed E-state index contributed by atoms with van der Waals surface area (Å²) in [7, 11) is 0. The molecule has 0 bridgehead atoms. The van der Waals surface area contributed by atoms with Crippen LogP contribution in [0, 0.1) is 6.42 Å². The highest BCUT2D eigenvalue weighted by Crippen LogP contribution is 2.18. The first-order chi connectivity index (χ1) is 12.1. The number of nitrogens with one attached hydrogen (secondary N) is 1. The van der Waals surface area contributed by atoms with Crippen LogP contribution in [0.25, 0.3) is 10.9 Å². The van der Waals surface area contributed by atoms with Gasteiger partial charge in [0.15, 0.2) is 0 Å². The maximum absolute atomic E-state index is 12.1. The van der Waals surface area contributed by atoms with Crippen LogP contribution in [0.3, 0.4) is 0 Å². The molecule has 0 unspecified atom stereocenters. The third kappa shape index (κ3) is 4.41. The number of carbonyl (C=O) groups is 2. The van der Waals surface area contributed by atoms with Gasteiger partial charge in [-0.2, -0.15) is 0 Å². The minimum atomic E-state index is -0.578. The molecular formula is C20H18N3O2. The molecule has 5 nitrogen and oxygen atoms in total. The molecule has 0 atom stereocenters. The van der Waals surface area contributed by atoms with Crippen molar-refractivity contribution in [1.29, 1.82) is 0 Å². The fourth-order valence-corrected chi connectivity index (χ4v) is 2.54. The molecule has 3 N–H and O–H groups in total. The van der Waals surface area contributed by atoms with Gasteiger partial charge in [0.25, 0.3) is 5.91 Å². The van der Waals surface area contributed by atoms with Crippen molar-refractivity contribution >= 4 is 28.4 Å². The molecule has 1 radical (unpaired) electrons. The highest BCUT2D eigenvalue weighted by atomic mass is 16.2. The number of aryl methyl sites for hydroxylation is 1. The molecule has 0 fully saturated rings. The van der Waals surface area contributed by atoms with Crippen LogP contribution >= 0.6 is 0 Å². The van der Waals surface area contributed by atoms with Gasteiger partial charge in [-0.25, -0.2) is 4.98 Å². The number of hydrogen-bond acceptors (Lipinski definition) is 3. The number of fused-ring (bicyclic) bond motifs is 1. The predicted octanol–water partition coefficient (Wildman–Crippen LogP) is 3.11. The molecule has 5 heteroatoms. The van der Waals surface area contributed by atoms with Crippen molar-refractivity contribution in [2.45, 2.75) is 12.8 Å². The number of pyridine rings is 1. The van der Waals surface area contributed by atoms with E-state index >= 15 is 0 Å². The molecule has 2 amide bonds. The van der Waals surface area contributed by atoms with Gasteiger partial charge in [0.05, 0.1) is 11.9 Å². The molecule has 1 aromatic heterocycles. The molecule has 0 saturated heterocycles. The molecule has 25 heavy (non-hydrogen) atoms. The number of nitrogens with zero attached hydrogens (tertiary/aromatic N) is 1. The molecule has 0 saturated carbocycles. The number of anilines is 1. The summed E-state index contributed by atoms with van der Waals surface area (Å²) < 4.78 is 0. The Labute approximate surface area is 145 Å². The van der Waals surface area contributed by atoms with E-state index in [0.29, 0.717) is 17.6 Å². The van der Waals surface area contributed by atoms with Gasteiger partial charge in [0, 0.05) is 11.1 Å². The zero-order valence-electron chi connectivity index (χ0n) is 13.6. The summed E-state index contributed by atoms with van der Waals surface area (Å²) in [6, 6.07) is 18.7. The Morgan fingerprint density at radius 1 is 1.04 bits per heavy atom. The van der Waals surface area contributed by atoms with Crippen LogP contribution in [0.5, 0.6) is 0 Å². The number of primary amides is 1. The van der Waals surface area contributed by atoms with Crippen LogP contribution in [-0.4, -0.2) is 16.8 Å². The first kappa shape index (κ1) is 16.6. The monoisotopic (exact) mass is 332 g/mol. The number of amides is 2. The average Bonchev–Trinajstić information content (AvgIpc) is 2.62. The molecule has 0 spiro atoms. The summed E-state index contributed by atoms with van der Waals surface area (Å²) in [6.07, 6.45) is 3.10. The Morgan fingerprint density at radius 2 is 1.80 bits per heavy atom. The summed E-state index contributed by atoms with van der Waals surface area (Å²) in [5.74, 6) is -0.744. The Balaban J connectivity index is 1.61. The third-order valence-electron chi connectivity index (χ3n) is 3.82. The van der Waals surface area contributed by atoms with Crippen molar-refractivity contribution in [2.75, 3.05) is 5.32 Å². The van der Waals surface area contributed by atoms with Gasteiger partial charge in [-0.3, -0.25) is 9.59 Å². The molecule has 0 aliphatic carbocycles. The Kier molecular flexibility index (Phi) is 5.04. The van der Waals surface area contributed by atoms with Crippen LogP contribution in [-0.2, 0) is 11.2 Å². The molecule has 125 valence electrons. The standard InChI is InChI=1S/C20H18N3O2/c21-20(25)17-12-10-15-9-11-16(13-18(15)23-17)22-19(24)8-4-7-14-5-2-1-3-6-14/h1-3,5-6,8-13H,4,7H2,(H2,21,25)(H,22,24). The van der Waals surface area contributed by atoms with Gasteiger partial charge in [-0.05, 0) is 36.6 Å². The lowest BCUT2D eigenvalue weighted by Gasteiger charge is -2.07. The number of rotatable bonds is 6. The Morgan fingerprint density at radius 3 is 2.56 bits per heavy atom. The second kappa shape index (κ2) is 7.57. The van der Waals surface area contributed by atoms with Crippen molar-refractivity contribution < 1.29 is 9.59 Å². The predicted molar refractivity (Wildman–Crippen MR) is 98.0 cm³/mol. The average molecular weight is 332 g/mol. The second-order valence-electron chi connectivity index (χ2n) is 5.69. The molecule has 0 aliphatic heterocycles. The molecular weight excluding hydrogens is 314 g/mol. The van der Waals surface area contributed by atoms with Gasteiger partial charge in [0.1, 0.15) is 5.69 Å². The summed E-state index contributed by atoms with van der Waals surface area (Å²) in [4.78, 5) is 27.5. The van der Waals surface area contributed by atoms with Crippen LogP contribution in [0.1, 0.15) is 22.5 Å². The lowest BCUT2D eigenvalue weighted by atomic mass is 10.1. The van der Waals surface area contributed by atoms with E-state index < -0.39 is 5.91 Å². The number of carbonyl (C=O) groups excluding carboxylic acids is 2. The minimum absolute atomic E-state index is 0.165. The highest BCUT2D eigenvalue weighted by molar-refractivity contribution is 5.99. The molecule has 3 rings (SSSR count). The number of nitrogens with two attached hydrogens (primary N) is 1. The number of aromatic nitrogens is 1. The first-order valence-electron chi connectivity index (χ1n) is 8.00. The lowest BCUT2D eigenvalue weighted by molar-refractivity contribution is -0.113. The maximum Gasteiger partial charge on any atom is 0.267 e. The van der Waals surface area contributed by atoms with Gasteiger partial charge in [-0.15, -0.1) is 0 Å². The van der Waals surface area contributed by atoms with E-state index in [9.17, 15) is 9.59 Å². The summed E-state index contributed by atoms with van der Waals surface area (Å²) >= 11 is 0. The van der Waals surface area contributed by atoms with Gasteiger partial charge < -0.3 is 11.1 Å². The number of hydrogen-bond donors (Lipinski definition) is 2. The van der Waals surface area contributed by atoms with E-state index in [1.54, 1.807) is 30.7 Å². The maximum atomic E-state index is 12.1. The van der Waals surface area contributed by atoms with E-state index in [2.05, 4.69) is 10.3 Å². The zero-order chi connectivity index (χ0) is 17.6. The second-order valence-corrected chi connectivity index (χ2v) is 5.69. The van der Waals surface area contributed by atoms with Crippen LogP contribution in [0.15, 0.2) is 60.7 Å². The summed E-state index contributed by atoms with van der Waals surface area (Å²) in [5.41, 5.74) is 7.88. The molecule has 2 aromatic carbocycles. The topological polar surface area (TPSA) is 85.1 Å².